The fourth-order valence-electron chi connectivity index (χ4n) is 2.49. The maximum Gasteiger partial charge on any atom is 0.138 e. The second-order valence-electron chi connectivity index (χ2n) is 5.49. The van der Waals surface area contributed by atoms with Gasteiger partial charge in [0.05, 0.1) is 11.1 Å². The highest BCUT2D eigenvalue weighted by molar-refractivity contribution is 6.36. The number of β-amino-alcohol motifs (C(OH)–C–C–N with tert-alkyl or cyclic N) is 1. The molecular formula is C15H22Cl2N2O2. The number of rotatable bonds is 5. The zero-order valence-electron chi connectivity index (χ0n) is 12.2. The van der Waals surface area contributed by atoms with Crippen molar-refractivity contribution >= 4 is 23.2 Å². The molecule has 1 atom stereocenters. The molecule has 2 rings (SSSR count). The normalized spacial score (nSPS) is 18.7. The maximum atomic E-state index is 9.58. The molecule has 6 heteroatoms. The summed E-state index contributed by atoms with van der Waals surface area (Å²) in [6.07, 6.45) is 1.52. The molecule has 0 unspecified atom stereocenters. The topological polar surface area (TPSA) is 58.7 Å². The number of benzene rings is 1. The van der Waals surface area contributed by atoms with Crippen molar-refractivity contribution in [3.63, 3.8) is 0 Å². The molecule has 1 aliphatic heterocycles. The van der Waals surface area contributed by atoms with Crippen LogP contribution in [0.3, 0.4) is 0 Å². The summed E-state index contributed by atoms with van der Waals surface area (Å²) in [5.74, 6) is 0.694. The number of nitrogens with two attached hydrogens (primary N) is 1. The Hall–Kier alpha value is -0.520. The molecule has 0 saturated carbocycles. The van der Waals surface area contributed by atoms with Gasteiger partial charge in [-0.2, -0.15) is 0 Å². The van der Waals surface area contributed by atoms with Crippen LogP contribution in [-0.2, 0) is 0 Å². The first-order chi connectivity index (χ1) is 10.0. The van der Waals surface area contributed by atoms with Crippen molar-refractivity contribution in [3.8, 4) is 5.75 Å². The first-order valence-electron chi connectivity index (χ1n) is 7.23. The van der Waals surface area contributed by atoms with Crippen LogP contribution >= 0.6 is 23.2 Å². The van der Waals surface area contributed by atoms with Crippen LogP contribution in [0.15, 0.2) is 12.1 Å². The van der Waals surface area contributed by atoms with E-state index in [9.17, 15) is 5.11 Å². The molecule has 1 fully saturated rings. The van der Waals surface area contributed by atoms with Gasteiger partial charge in [0.25, 0.3) is 0 Å². The van der Waals surface area contributed by atoms with Crippen LogP contribution in [0.2, 0.25) is 10.0 Å². The van der Waals surface area contributed by atoms with Crippen LogP contribution < -0.4 is 10.5 Å². The highest BCUT2D eigenvalue weighted by atomic mass is 35.5. The first kappa shape index (κ1) is 16.8. The van der Waals surface area contributed by atoms with Crippen LogP contribution in [0.25, 0.3) is 0 Å². The van der Waals surface area contributed by atoms with Gasteiger partial charge in [-0.1, -0.05) is 23.2 Å². The van der Waals surface area contributed by atoms with E-state index >= 15 is 0 Å². The molecule has 0 amide bonds. The average Bonchev–Trinajstić information content (AvgIpc) is 2.49. The van der Waals surface area contributed by atoms with Crippen molar-refractivity contribution in [1.82, 2.24) is 4.90 Å². The van der Waals surface area contributed by atoms with E-state index in [0.717, 1.165) is 31.5 Å². The zero-order valence-corrected chi connectivity index (χ0v) is 13.7. The van der Waals surface area contributed by atoms with Crippen LogP contribution in [-0.4, -0.2) is 48.4 Å². The first-order valence-corrected chi connectivity index (χ1v) is 7.98. The summed E-state index contributed by atoms with van der Waals surface area (Å²) in [5, 5.41) is 10.8. The van der Waals surface area contributed by atoms with Gasteiger partial charge in [-0.25, -0.2) is 0 Å². The molecule has 1 heterocycles. The summed E-state index contributed by atoms with van der Waals surface area (Å²) in [6.45, 7) is 4.60. The Morgan fingerprint density at radius 2 is 2.05 bits per heavy atom. The van der Waals surface area contributed by atoms with E-state index in [1.807, 2.05) is 19.1 Å². The van der Waals surface area contributed by atoms with Crippen molar-refractivity contribution in [3.05, 3.63) is 27.7 Å². The Balaban J connectivity index is 1.88. The van der Waals surface area contributed by atoms with Gasteiger partial charge in [-0.05, 0) is 37.5 Å². The standard InChI is InChI=1S/C15H22Cl2N2O2/c1-10-13(16)2-3-14(15(10)17)21-12-4-6-19(7-5-12)9-11(20)8-18/h2-3,11-12,20H,4-9,18H2,1H3/t11-/m1/s1. The molecule has 21 heavy (non-hydrogen) atoms. The highest BCUT2D eigenvalue weighted by Gasteiger charge is 2.22. The third kappa shape index (κ3) is 4.47. The van der Waals surface area contributed by atoms with E-state index in [-0.39, 0.29) is 6.10 Å². The molecular weight excluding hydrogens is 311 g/mol. The quantitative estimate of drug-likeness (QED) is 0.869. The predicted octanol–water partition coefficient (Wildman–Crippen LogP) is 2.46. The molecule has 0 aromatic heterocycles. The molecule has 0 bridgehead atoms. The Labute approximate surface area is 135 Å². The lowest BCUT2D eigenvalue weighted by molar-refractivity contribution is 0.0642. The number of likely N-dealkylation sites (tertiary alicyclic amines) is 1. The zero-order chi connectivity index (χ0) is 15.4. The van der Waals surface area contributed by atoms with Crippen molar-refractivity contribution < 1.29 is 9.84 Å². The number of nitrogens with zero attached hydrogens (tertiary/aromatic N) is 1. The summed E-state index contributed by atoms with van der Waals surface area (Å²) in [4.78, 5) is 2.21. The van der Waals surface area contributed by atoms with Crippen molar-refractivity contribution in [2.75, 3.05) is 26.2 Å². The molecule has 0 aliphatic carbocycles. The minimum Gasteiger partial charge on any atom is -0.489 e. The van der Waals surface area contributed by atoms with Crippen LogP contribution in [0.1, 0.15) is 18.4 Å². The van der Waals surface area contributed by atoms with E-state index in [0.29, 0.717) is 28.9 Å². The number of ether oxygens (including phenoxy) is 1. The van der Waals surface area contributed by atoms with Crippen molar-refractivity contribution in [2.45, 2.75) is 32.0 Å². The van der Waals surface area contributed by atoms with Gasteiger partial charge in [0.15, 0.2) is 0 Å². The Morgan fingerprint density at radius 3 is 2.67 bits per heavy atom. The Morgan fingerprint density at radius 1 is 1.38 bits per heavy atom. The molecule has 0 radical (unpaired) electrons. The van der Waals surface area contributed by atoms with Gasteiger partial charge in [-0.15, -0.1) is 0 Å². The van der Waals surface area contributed by atoms with Crippen LogP contribution in [0.5, 0.6) is 5.75 Å². The summed E-state index contributed by atoms with van der Waals surface area (Å²) in [6, 6.07) is 3.63. The van der Waals surface area contributed by atoms with Gasteiger partial charge >= 0.3 is 0 Å². The number of piperidine rings is 1. The third-order valence-electron chi connectivity index (χ3n) is 3.85. The highest BCUT2D eigenvalue weighted by Crippen LogP contribution is 2.34. The fraction of sp³-hybridized carbons (Fsp3) is 0.600. The molecule has 1 aromatic rings. The molecule has 1 saturated heterocycles. The SMILES string of the molecule is Cc1c(Cl)ccc(OC2CCN(C[C@H](O)CN)CC2)c1Cl. The number of halogens is 2. The largest absolute Gasteiger partial charge is 0.489 e. The summed E-state index contributed by atoms with van der Waals surface area (Å²) < 4.78 is 6.00. The number of hydrogen-bond donors (Lipinski definition) is 2. The van der Waals surface area contributed by atoms with E-state index in [1.165, 1.54) is 0 Å². The van der Waals surface area contributed by atoms with Gasteiger partial charge in [0, 0.05) is 31.2 Å². The summed E-state index contributed by atoms with van der Waals surface area (Å²) in [5.41, 5.74) is 6.28. The Kier molecular flexibility index (Phi) is 6.14. The number of hydrogen-bond acceptors (Lipinski definition) is 4. The van der Waals surface area contributed by atoms with E-state index in [1.54, 1.807) is 0 Å². The maximum absolute atomic E-state index is 9.58. The van der Waals surface area contributed by atoms with Crippen molar-refractivity contribution in [2.24, 2.45) is 5.73 Å². The Bertz CT molecular complexity index is 477. The summed E-state index contributed by atoms with van der Waals surface area (Å²) >= 11 is 12.3. The third-order valence-corrected chi connectivity index (χ3v) is 4.73. The molecule has 3 N–H and O–H groups in total. The molecule has 118 valence electrons. The van der Waals surface area contributed by atoms with Gasteiger partial charge in [0.1, 0.15) is 11.9 Å². The second-order valence-corrected chi connectivity index (χ2v) is 6.28. The number of aliphatic hydroxyl groups is 1. The molecule has 1 aromatic carbocycles. The molecule has 4 nitrogen and oxygen atoms in total. The minimum absolute atomic E-state index is 0.148. The monoisotopic (exact) mass is 332 g/mol. The fourth-order valence-corrected chi connectivity index (χ4v) is 2.90. The minimum atomic E-state index is -0.448. The lowest BCUT2D eigenvalue weighted by Crippen LogP contribution is -2.43. The smallest absolute Gasteiger partial charge is 0.138 e. The lowest BCUT2D eigenvalue weighted by Gasteiger charge is -2.33. The second kappa shape index (κ2) is 7.65. The van der Waals surface area contributed by atoms with Gasteiger partial charge in [-0.3, -0.25) is 0 Å². The van der Waals surface area contributed by atoms with E-state index < -0.39 is 6.10 Å². The van der Waals surface area contributed by atoms with Crippen molar-refractivity contribution in [1.29, 1.82) is 0 Å². The predicted molar refractivity (Wildman–Crippen MR) is 86.4 cm³/mol. The van der Waals surface area contributed by atoms with Gasteiger partial charge in [0.2, 0.25) is 0 Å². The van der Waals surface area contributed by atoms with E-state index in [2.05, 4.69) is 4.90 Å². The molecule has 1 aliphatic rings. The van der Waals surface area contributed by atoms with Crippen LogP contribution in [0, 0.1) is 6.92 Å². The summed E-state index contributed by atoms with van der Waals surface area (Å²) in [7, 11) is 0. The molecule has 0 spiro atoms. The van der Waals surface area contributed by atoms with Crippen LogP contribution in [0.4, 0.5) is 0 Å². The average molecular weight is 333 g/mol. The van der Waals surface area contributed by atoms with Gasteiger partial charge < -0.3 is 20.5 Å². The number of aliphatic hydroxyl groups excluding tert-OH is 1. The van der Waals surface area contributed by atoms with E-state index in [4.69, 9.17) is 33.7 Å². The lowest BCUT2D eigenvalue weighted by atomic mass is 10.1.